The van der Waals surface area contributed by atoms with Gasteiger partial charge in [-0.3, -0.25) is 9.80 Å². The first-order chi connectivity index (χ1) is 9.17. The van der Waals surface area contributed by atoms with E-state index in [0.717, 1.165) is 32.7 Å². The number of aliphatic hydroxyl groups is 1. The zero-order valence-corrected chi connectivity index (χ0v) is 11.8. The summed E-state index contributed by atoms with van der Waals surface area (Å²) in [6.07, 6.45) is -0.386. The first-order valence-corrected chi connectivity index (χ1v) is 7.06. The van der Waals surface area contributed by atoms with Crippen molar-refractivity contribution in [3.63, 3.8) is 0 Å². The molecule has 1 saturated heterocycles. The Labute approximate surface area is 115 Å². The van der Waals surface area contributed by atoms with Gasteiger partial charge >= 0.3 is 0 Å². The van der Waals surface area contributed by atoms with Crippen molar-refractivity contribution in [1.29, 1.82) is 0 Å². The fourth-order valence-corrected chi connectivity index (χ4v) is 2.45. The van der Waals surface area contributed by atoms with Crippen molar-refractivity contribution < 1.29 is 5.11 Å². The first kappa shape index (κ1) is 14.5. The zero-order chi connectivity index (χ0) is 13.7. The van der Waals surface area contributed by atoms with Crippen LogP contribution in [0.4, 0.5) is 0 Å². The lowest BCUT2D eigenvalue weighted by Gasteiger charge is -2.35. The van der Waals surface area contributed by atoms with Crippen LogP contribution in [0.3, 0.4) is 0 Å². The second-order valence-corrected chi connectivity index (χ2v) is 5.45. The molecule has 1 aromatic carbocycles. The molecule has 1 fully saturated rings. The van der Waals surface area contributed by atoms with Crippen LogP contribution in [0.15, 0.2) is 24.3 Å². The average molecular weight is 263 g/mol. The third-order valence-corrected chi connectivity index (χ3v) is 3.73. The standard InChI is InChI=1S/C15H25N3O/c1-13-2-4-14(5-3-13)11-17-6-8-18(9-7-17)12-15(19)10-16/h2-5,15,19H,6-12,16H2,1H3. The number of aryl methyl sites for hydroxylation is 1. The monoisotopic (exact) mass is 263 g/mol. The summed E-state index contributed by atoms with van der Waals surface area (Å²) in [6.45, 7) is 8.35. The number of nitrogens with zero attached hydrogens (tertiary/aromatic N) is 2. The maximum Gasteiger partial charge on any atom is 0.0789 e. The van der Waals surface area contributed by atoms with Crippen LogP contribution in [0.1, 0.15) is 11.1 Å². The maximum absolute atomic E-state index is 9.56. The van der Waals surface area contributed by atoms with E-state index in [1.165, 1.54) is 11.1 Å². The number of rotatable bonds is 5. The number of nitrogens with two attached hydrogens (primary N) is 1. The summed E-state index contributed by atoms with van der Waals surface area (Å²) in [5.74, 6) is 0. The van der Waals surface area contributed by atoms with E-state index in [0.29, 0.717) is 13.1 Å². The molecule has 1 unspecified atom stereocenters. The lowest BCUT2D eigenvalue weighted by molar-refractivity contribution is 0.0739. The zero-order valence-electron chi connectivity index (χ0n) is 11.8. The Morgan fingerprint density at radius 2 is 1.68 bits per heavy atom. The van der Waals surface area contributed by atoms with Gasteiger partial charge in [0.15, 0.2) is 0 Å². The second kappa shape index (κ2) is 7.01. The third kappa shape index (κ3) is 4.58. The molecule has 0 aromatic heterocycles. The van der Waals surface area contributed by atoms with Crippen LogP contribution < -0.4 is 5.73 Å². The van der Waals surface area contributed by atoms with E-state index in [-0.39, 0.29) is 6.10 Å². The van der Waals surface area contributed by atoms with E-state index in [2.05, 4.69) is 41.0 Å². The van der Waals surface area contributed by atoms with Crippen LogP contribution in [-0.4, -0.2) is 60.3 Å². The molecule has 1 heterocycles. The van der Waals surface area contributed by atoms with Crippen LogP contribution in [0, 0.1) is 6.92 Å². The topological polar surface area (TPSA) is 52.7 Å². The molecule has 19 heavy (non-hydrogen) atoms. The van der Waals surface area contributed by atoms with Crippen molar-refractivity contribution >= 4 is 0 Å². The molecule has 0 saturated carbocycles. The summed E-state index contributed by atoms with van der Waals surface area (Å²) in [7, 11) is 0. The maximum atomic E-state index is 9.56. The number of aliphatic hydroxyl groups excluding tert-OH is 1. The van der Waals surface area contributed by atoms with Gasteiger partial charge < -0.3 is 10.8 Å². The summed E-state index contributed by atoms with van der Waals surface area (Å²) in [6, 6.07) is 8.76. The summed E-state index contributed by atoms with van der Waals surface area (Å²) in [5, 5.41) is 9.56. The van der Waals surface area contributed by atoms with Gasteiger partial charge in [-0.15, -0.1) is 0 Å². The Hall–Kier alpha value is -0.940. The summed E-state index contributed by atoms with van der Waals surface area (Å²) < 4.78 is 0. The van der Waals surface area contributed by atoms with Crippen molar-refractivity contribution in [2.45, 2.75) is 19.6 Å². The second-order valence-electron chi connectivity index (χ2n) is 5.45. The minimum atomic E-state index is -0.386. The number of hydrogen-bond acceptors (Lipinski definition) is 4. The van der Waals surface area contributed by atoms with Gasteiger partial charge in [0.1, 0.15) is 0 Å². The molecule has 106 valence electrons. The minimum Gasteiger partial charge on any atom is -0.390 e. The van der Waals surface area contributed by atoms with E-state index in [4.69, 9.17) is 5.73 Å². The molecule has 0 amide bonds. The Morgan fingerprint density at radius 3 is 2.26 bits per heavy atom. The molecule has 1 aliphatic rings. The molecule has 0 aliphatic carbocycles. The van der Waals surface area contributed by atoms with Crippen molar-refractivity contribution in [3.05, 3.63) is 35.4 Å². The van der Waals surface area contributed by atoms with Crippen LogP contribution in [0.5, 0.6) is 0 Å². The van der Waals surface area contributed by atoms with E-state index < -0.39 is 0 Å². The minimum absolute atomic E-state index is 0.351. The van der Waals surface area contributed by atoms with E-state index in [1.807, 2.05) is 0 Å². The smallest absolute Gasteiger partial charge is 0.0789 e. The van der Waals surface area contributed by atoms with Crippen LogP contribution >= 0.6 is 0 Å². The van der Waals surface area contributed by atoms with E-state index >= 15 is 0 Å². The highest BCUT2D eigenvalue weighted by molar-refractivity contribution is 5.21. The predicted molar refractivity (Wildman–Crippen MR) is 78.0 cm³/mol. The van der Waals surface area contributed by atoms with Crippen molar-refractivity contribution in [2.24, 2.45) is 5.73 Å². The van der Waals surface area contributed by atoms with Gasteiger partial charge in [-0.2, -0.15) is 0 Å². The highest BCUT2D eigenvalue weighted by Gasteiger charge is 2.18. The van der Waals surface area contributed by atoms with Gasteiger partial charge in [0, 0.05) is 45.8 Å². The fourth-order valence-electron chi connectivity index (χ4n) is 2.45. The van der Waals surface area contributed by atoms with Crippen LogP contribution in [-0.2, 0) is 6.54 Å². The number of piperazine rings is 1. The molecule has 1 aliphatic heterocycles. The van der Waals surface area contributed by atoms with Crippen molar-refractivity contribution in [1.82, 2.24) is 9.80 Å². The van der Waals surface area contributed by atoms with Gasteiger partial charge in [-0.05, 0) is 12.5 Å². The summed E-state index contributed by atoms with van der Waals surface area (Å²) >= 11 is 0. The quantitative estimate of drug-likeness (QED) is 0.809. The molecule has 4 nitrogen and oxygen atoms in total. The fraction of sp³-hybridized carbons (Fsp3) is 0.600. The average Bonchev–Trinajstić information content (AvgIpc) is 2.43. The Kier molecular flexibility index (Phi) is 5.34. The molecule has 1 aromatic rings. The molecule has 0 bridgehead atoms. The molecule has 1 atom stereocenters. The number of benzene rings is 1. The van der Waals surface area contributed by atoms with Crippen LogP contribution in [0.2, 0.25) is 0 Å². The van der Waals surface area contributed by atoms with E-state index in [9.17, 15) is 5.11 Å². The van der Waals surface area contributed by atoms with Crippen molar-refractivity contribution in [3.8, 4) is 0 Å². The normalized spacial score (nSPS) is 19.5. The highest BCUT2D eigenvalue weighted by atomic mass is 16.3. The molecule has 2 rings (SSSR count). The molecular weight excluding hydrogens is 238 g/mol. The van der Waals surface area contributed by atoms with Gasteiger partial charge in [0.25, 0.3) is 0 Å². The van der Waals surface area contributed by atoms with Crippen LogP contribution in [0.25, 0.3) is 0 Å². The Balaban J connectivity index is 1.75. The largest absolute Gasteiger partial charge is 0.390 e. The molecule has 4 heteroatoms. The lowest BCUT2D eigenvalue weighted by atomic mass is 10.1. The molecule has 3 N–H and O–H groups in total. The lowest BCUT2D eigenvalue weighted by Crippen LogP contribution is -2.49. The number of hydrogen-bond donors (Lipinski definition) is 2. The summed E-state index contributed by atoms with van der Waals surface area (Å²) in [4.78, 5) is 4.76. The van der Waals surface area contributed by atoms with E-state index in [1.54, 1.807) is 0 Å². The molecule has 0 radical (unpaired) electrons. The van der Waals surface area contributed by atoms with Gasteiger partial charge in [-0.1, -0.05) is 29.8 Å². The number of β-amino-alcohol motifs (C(OH)–C–C–N with tert-alkyl or cyclic N) is 1. The van der Waals surface area contributed by atoms with Gasteiger partial charge in [-0.25, -0.2) is 0 Å². The van der Waals surface area contributed by atoms with Gasteiger partial charge in [0.2, 0.25) is 0 Å². The van der Waals surface area contributed by atoms with Gasteiger partial charge in [0.05, 0.1) is 6.10 Å². The third-order valence-electron chi connectivity index (χ3n) is 3.73. The molecule has 0 spiro atoms. The Bertz CT molecular complexity index is 371. The molecular formula is C15H25N3O. The Morgan fingerprint density at radius 1 is 1.11 bits per heavy atom. The highest BCUT2D eigenvalue weighted by Crippen LogP contribution is 2.10. The first-order valence-electron chi connectivity index (χ1n) is 7.06. The predicted octanol–water partition coefficient (Wildman–Crippen LogP) is 0.432. The SMILES string of the molecule is Cc1ccc(CN2CCN(CC(O)CN)CC2)cc1. The van der Waals surface area contributed by atoms with Crippen molar-refractivity contribution in [2.75, 3.05) is 39.3 Å². The summed E-state index contributed by atoms with van der Waals surface area (Å²) in [5.41, 5.74) is 8.13.